The maximum atomic E-state index is 11.8. The van der Waals surface area contributed by atoms with Crippen LogP contribution in [0.25, 0.3) is 0 Å². The minimum absolute atomic E-state index is 0.427. The van der Waals surface area contributed by atoms with Crippen molar-refractivity contribution in [2.24, 2.45) is 0 Å². The van der Waals surface area contributed by atoms with E-state index in [2.05, 4.69) is 15.9 Å². The molecule has 0 unspecified atom stereocenters. The summed E-state index contributed by atoms with van der Waals surface area (Å²) in [5.74, 6) is -0.876. The second kappa shape index (κ2) is 4.45. The molecule has 88 valence electrons. The third-order valence-corrected chi connectivity index (χ3v) is 3.11. The quantitative estimate of drug-likeness (QED) is 0.621. The van der Waals surface area contributed by atoms with Crippen LogP contribution >= 0.6 is 15.9 Å². The van der Waals surface area contributed by atoms with Gasteiger partial charge in [-0.05, 0) is 32.0 Å². The van der Waals surface area contributed by atoms with Crippen molar-refractivity contribution in [2.45, 2.75) is 13.8 Å². The van der Waals surface area contributed by atoms with E-state index in [4.69, 9.17) is 0 Å². The van der Waals surface area contributed by atoms with Crippen LogP contribution < -0.4 is 4.90 Å². The van der Waals surface area contributed by atoms with Gasteiger partial charge in [-0.15, -0.1) is 0 Å². The average molecular weight is 294 g/mol. The van der Waals surface area contributed by atoms with E-state index in [1.54, 1.807) is 12.1 Å². The molecule has 0 fully saturated rings. The van der Waals surface area contributed by atoms with E-state index in [0.29, 0.717) is 17.8 Å². The molecule has 1 aromatic rings. The predicted molar refractivity (Wildman–Crippen MR) is 70.3 cm³/mol. The second-order valence-corrected chi connectivity index (χ2v) is 5.10. The zero-order chi connectivity index (χ0) is 12.6. The zero-order valence-electron chi connectivity index (χ0n) is 9.66. The van der Waals surface area contributed by atoms with Gasteiger partial charge in [0.15, 0.2) is 0 Å². The summed E-state index contributed by atoms with van der Waals surface area (Å²) in [6.45, 7) is 4.37. The molecule has 17 heavy (non-hydrogen) atoms. The molecule has 2 rings (SSSR count). The van der Waals surface area contributed by atoms with Gasteiger partial charge in [-0.1, -0.05) is 27.6 Å². The Morgan fingerprint density at radius 3 is 2.71 bits per heavy atom. The number of benzene rings is 1. The molecule has 0 radical (unpaired) electrons. The fraction of sp³-hybridized carbons (Fsp3) is 0.231. The van der Waals surface area contributed by atoms with Crippen LogP contribution in [0.5, 0.6) is 0 Å². The summed E-state index contributed by atoms with van der Waals surface area (Å²) in [4.78, 5) is 25.1. The Bertz CT molecular complexity index is 530. The number of carbonyl (C=O) groups excluding carboxylic acids is 2. The van der Waals surface area contributed by atoms with E-state index < -0.39 is 11.7 Å². The maximum Gasteiger partial charge on any atom is 0.299 e. The topological polar surface area (TPSA) is 37.4 Å². The molecular formula is C13H12BrNO2. The molecule has 1 heterocycles. The predicted octanol–water partition coefficient (Wildman–Crippen LogP) is 2.94. The summed E-state index contributed by atoms with van der Waals surface area (Å²) in [5.41, 5.74) is 2.29. The van der Waals surface area contributed by atoms with Crippen molar-refractivity contribution < 1.29 is 9.59 Å². The van der Waals surface area contributed by atoms with Gasteiger partial charge in [0, 0.05) is 11.0 Å². The Hall–Kier alpha value is -1.42. The summed E-state index contributed by atoms with van der Waals surface area (Å²) >= 11 is 3.30. The first-order valence-corrected chi connectivity index (χ1v) is 6.09. The summed E-state index contributed by atoms with van der Waals surface area (Å²) in [7, 11) is 0. The molecule has 1 aliphatic rings. The second-order valence-electron chi connectivity index (χ2n) is 4.19. The highest BCUT2D eigenvalue weighted by Crippen LogP contribution is 2.31. The number of nitrogens with zero attached hydrogens (tertiary/aromatic N) is 1. The van der Waals surface area contributed by atoms with Crippen LogP contribution in [-0.2, 0) is 4.79 Å². The monoisotopic (exact) mass is 293 g/mol. The van der Waals surface area contributed by atoms with Gasteiger partial charge in [-0.2, -0.15) is 0 Å². The van der Waals surface area contributed by atoms with Crippen molar-refractivity contribution in [2.75, 3.05) is 11.4 Å². The molecule has 0 N–H and O–H groups in total. The number of ketones is 1. The first-order chi connectivity index (χ1) is 8.00. The van der Waals surface area contributed by atoms with Crippen molar-refractivity contribution >= 4 is 33.3 Å². The summed E-state index contributed by atoms with van der Waals surface area (Å²) < 4.78 is 0.807. The van der Waals surface area contributed by atoms with E-state index in [-0.39, 0.29) is 0 Å². The number of halogens is 1. The normalized spacial score (nSPS) is 13.9. The number of anilines is 1. The number of allylic oxidation sites excluding steroid dienone is 1. The van der Waals surface area contributed by atoms with Gasteiger partial charge in [0.25, 0.3) is 11.7 Å². The molecule has 0 saturated heterocycles. The van der Waals surface area contributed by atoms with Crippen LogP contribution in [0.3, 0.4) is 0 Å². The third-order valence-electron chi connectivity index (χ3n) is 2.62. The number of amides is 1. The highest BCUT2D eigenvalue weighted by molar-refractivity contribution is 9.10. The molecule has 1 aromatic carbocycles. The maximum absolute atomic E-state index is 11.8. The van der Waals surface area contributed by atoms with Crippen LogP contribution in [0.2, 0.25) is 0 Å². The number of hydrogen-bond acceptors (Lipinski definition) is 2. The lowest BCUT2D eigenvalue weighted by molar-refractivity contribution is -0.114. The number of fused-ring (bicyclic) bond motifs is 1. The molecule has 3 nitrogen and oxygen atoms in total. The zero-order valence-corrected chi connectivity index (χ0v) is 11.2. The molecular weight excluding hydrogens is 282 g/mol. The van der Waals surface area contributed by atoms with Gasteiger partial charge < -0.3 is 4.90 Å². The summed E-state index contributed by atoms with van der Waals surface area (Å²) in [6.07, 6.45) is 1.93. The molecule has 1 amide bonds. The summed E-state index contributed by atoms with van der Waals surface area (Å²) in [5, 5.41) is 0. The largest absolute Gasteiger partial charge is 0.301 e. The number of rotatable bonds is 2. The van der Waals surface area contributed by atoms with E-state index in [9.17, 15) is 9.59 Å². The lowest BCUT2D eigenvalue weighted by Gasteiger charge is -2.14. The molecule has 0 bridgehead atoms. The fourth-order valence-corrected chi connectivity index (χ4v) is 2.09. The first-order valence-electron chi connectivity index (χ1n) is 5.30. The molecule has 1 aliphatic heterocycles. The van der Waals surface area contributed by atoms with Crippen LogP contribution in [0.1, 0.15) is 24.2 Å². The smallest absolute Gasteiger partial charge is 0.299 e. The van der Waals surface area contributed by atoms with Crippen LogP contribution in [0, 0.1) is 0 Å². The fourth-order valence-electron chi connectivity index (χ4n) is 1.73. The SMILES string of the molecule is CC(C)=CCN1C(=O)C(=O)c2cc(Br)ccc21. The third kappa shape index (κ3) is 2.17. The van der Waals surface area contributed by atoms with Gasteiger partial charge >= 0.3 is 0 Å². The van der Waals surface area contributed by atoms with Crippen molar-refractivity contribution in [1.82, 2.24) is 0 Å². The van der Waals surface area contributed by atoms with Gasteiger partial charge in [-0.25, -0.2) is 0 Å². The van der Waals surface area contributed by atoms with Crippen molar-refractivity contribution in [3.05, 3.63) is 39.9 Å². The van der Waals surface area contributed by atoms with E-state index >= 15 is 0 Å². The van der Waals surface area contributed by atoms with Crippen LogP contribution in [-0.4, -0.2) is 18.2 Å². The van der Waals surface area contributed by atoms with Crippen molar-refractivity contribution in [3.8, 4) is 0 Å². The van der Waals surface area contributed by atoms with Crippen molar-refractivity contribution in [3.63, 3.8) is 0 Å². The lowest BCUT2D eigenvalue weighted by atomic mass is 10.1. The van der Waals surface area contributed by atoms with Gasteiger partial charge in [0.2, 0.25) is 0 Å². The van der Waals surface area contributed by atoms with E-state index in [1.807, 2.05) is 26.0 Å². The van der Waals surface area contributed by atoms with Crippen LogP contribution in [0.15, 0.2) is 34.3 Å². The first kappa shape index (κ1) is 12.0. The van der Waals surface area contributed by atoms with Gasteiger partial charge in [-0.3, -0.25) is 9.59 Å². The number of Topliss-reactive ketones (excluding diaryl/α,β-unsaturated/α-hetero) is 1. The highest BCUT2D eigenvalue weighted by atomic mass is 79.9. The van der Waals surface area contributed by atoms with Gasteiger partial charge in [0.05, 0.1) is 11.3 Å². The van der Waals surface area contributed by atoms with E-state index in [1.165, 1.54) is 4.90 Å². The Morgan fingerprint density at radius 2 is 2.06 bits per heavy atom. The summed E-state index contributed by atoms with van der Waals surface area (Å²) in [6, 6.07) is 5.32. The lowest BCUT2D eigenvalue weighted by Crippen LogP contribution is -2.29. The molecule has 4 heteroatoms. The molecule has 0 aliphatic carbocycles. The molecule has 0 aromatic heterocycles. The molecule has 0 atom stereocenters. The van der Waals surface area contributed by atoms with Gasteiger partial charge in [0.1, 0.15) is 0 Å². The Kier molecular flexibility index (Phi) is 3.15. The Balaban J connectivity index is 2.41. The van der Waals surface area contributed by atoms with E-state index in [0.717, 1.165) is 10.0 Å². The molecule has 0 spiro atoms. The Labute approximate surface area is 108 Å². The Morgan fingerprint density at radius 1 is 1.35 bits per heavy atom. The number of carbonyl (C=O) groups is 2. The molecule has 0 saturated carbocycles. The minimum Gasteiger partial charge on any atom is -0.301 e. The van der Waals surface area contributed by atoms with Crippen molar-refractivity contribution in [1.29, 1.82) is 0 Å². The highest BCUT2D eigenvalue weighted by Gasteiger charge is 2.34. The average Bonchev–Trinajstić information content (AvgIpc) is 2.50. The number of hydrogen-bond donors (Lipinski definition) is 0. The minimum atomic E-state index is -0.449. The van der Waals surface area contributed by atoms with Crippen LogP contribution in [0.4, 0.5) is 5.69 Å². The standard InChI is InChI=1S/C13H12BrNO2/c1-8(2)5-6-15-11-4-3-9(14)7-10(11)12(16)13(15)17/h3-5,7H,6H2,1-2H3.